The molecule has 0 spiro atoms. The van der Waals surface area contributed by atoms with Crippen molar-refractivity contribution in [2.45, 2.75) is 51.5 Å². The number of hydrogen-bond donors (Lipinski definition) is 0. The maximum Gasteiger partial charge on any atom is 0.249 e. The molecule has 1 aliphatic carbocycles. The van der Waals surface area contributed by atoms with E-state index in [9.17, 15) is 4.79 Å². The Morgan fingerprint density at radius 3 is 2.83 bits per heavy atom. The highest BCUT2D eigenvalue weighted by atomic mass is 16.5. The zero-order chi connectivity index (χ0) is 16.5. The van der Waals surface area contributed by atoms with Gasteiger partial charge in [-0.1, -0.05) is 35.3 Å². The lowest BCUT2D eigenvalue weighted by atomic mass is 9.83. The van der Waals surface area contributed by atoms with Gasteiger partial charge in [0.05, 0.1) is 0 Å². The van der Waals surface area contributed by atoms with E-state index in [1.165, 1.54) is 12.0 Å². The van der Waals surface area contributed by atoms with E-state index in [2.05, 4.69) is 10.1 Å². The molecule has 2 aromatic rings. The molecule has 0 unspecified atom stereocenters. The maximum atomic E-state index is 12.7. The summed E-state index contributed by atoms with van der Waals surface area (Å²) < 4.78 is 5.56. The third-order valence-electron chi connectivity index (χ3n) is 5.24. The Kier molecular flexibility index (Phi) is 4.08. The summed E-state index contributed by atoms with van der Waals surface area (Å²) in [5.74, 6) is 1.68. The van der Waals surface area contributed by atoms with Crippen LogP contribution in [0.5, 0.6) is 0 Å². The molecule has 0 radical (unpaired) electrons. The molecule has 4 rings (SSSR count). The first-order valence-electron chi connectivity index (χ1n) is 8.93. The zero-order valence-corrected chi connectivity index (χ0v) is 14.1. The van der Waals surface area contributed by atoms with Crippen molar-refractivity contribution >= 4 is 5.91 Å². The summed E-state index contributed by atoms with van der Waals surface area (Å²) in [6.45, 7) is 2.85. The Hall–Kier alpha value is -2.17. The fourth-order valence-corrected chi connectivity index (χ4v) is 3.61. The molecule has 0 bridgehead atoms. The predicted molar refractivity (Wildman–Crippen MR) is 90.1 cm³/mol. The third kappa shape index (κ3) is 2.83. The van der Waals surface area contributed by atoms with Crippen LogP contribution in [-0.2, 0) is 4.79 Å². The summed E-state index contributed by atoms with van der Waals surface area (Å²) in [7, 11) is 0. The van der Waals surface area contributed by atoms with Gasteiger partial charge in [-0.3, -0.25) is 4.79 Å². The lowest BCUT2D eigenvalue weighted by Crippen LogP contribution is -2.43. The summed E-state index contributed by atoms with van der Waals surface area (Å²) in [5.41, 5.74) is 2.12. The minimum absolute atomic E-state index is 0.0575. The first kappa shape index (κ1) is 15.4. The lowest BCUT2D eigenvalue weighted by molar-refractivity contribution is -0.142. The van der Waals surface area contributed by atoms with Crippen LogP contribution >= 0.6 is 0 Å². The van der Waals surface area contributed by atoms with Crippen LogP contribution in [0.25, 0.3) is 11.4 Å². The Morgan fingerprint density at radius 1 is 1.21 bits per heavy atom. The topological polar surface area (TPSA) is 59.2 Å². The minimum Gasteiger partial charge on any atom is -0.337 e. The SMILES string of the molecule is Cc1cccc(-c2noc([C@@H]3CCCCN3C(=O)C3CCC3)n2)c1. The van der Waals surface area contributed by atoms with Gasteiger partial charge in [0.25, 0.3) is 0 Å². The van der Waals surface area contributed by atoms with E-state index in [0.717, 1.165) is 44.2 Å². The van der Waals surface area contributed by atoms with Gasteiger partial charge in [0, 0.05) is 18.0 Å². The number of carbonyl (C=O) groups is 1. The second-order valence-electron chi connectivity index (χ2n) is 7.00. The van der Waals surface area contributed by atoms with Gasteiger partial charge in [-0.25, -0.2) is 0 Å². The third-order valence-corrected chi connectivity index (χ3v) is 5.24. The smallest absolute Gasteiger partial charge is 0.249 e. The number of likely N-dealkylation sites (tertiary alicyclic amines) is 1. The summed E-state index contributed by atoms with van der Waals surface area (Å²) in [4.78, 5) is 19.3. The number of aryl methyl sites for hydroxylation is 1. The van der Waals surface area contributed by atoms with E-state index < -0.39 is 0 Å². The molecule has 1 aliphatic heterocycles. The molecule has 0 N–H and O–H groups in total. The van der Waals surface area contributed by atoms with Crippen LogP contribution in [0.1, 0.15) is 56.0 Å². The number of carbonyl (C=O) groups excluding carboxylic acids is 1. The second kappa shape index (κ2) is 6.38. The van der Waals surface area contributed by atoms with E-state index in [1.54, 1.807) is 0 Å². The van der Waals surface area contributed by atoms with Crippen LogP contribution in [0, 0.1) is 12.8 Å². The number of piperidine rings is 1. The minimum atomic E-state index is -0.0575. The molecule has 5 nitrogen and oxygen atoms in total. The van der Waals surface area contributed by atoms with E-state index in [1.807, 2.05) is 36.1 Å². The summed E-state index contributed by atoms with van der Waals surface area (Å²) in [6.07, 6.45) is 6.30. The van der Waals surface area contributed by atoms with Gasteiger partial charge >= 0.3 is 0 Å². The average Bonchev–Trinajstić information content (AvgIpc) is 3.03. The van der Waals surface area contributed by atoms with Crippen molar-refractivity contribution in [3.8, 4) is 11.4 Å². The van der Waals surface area contributed by atoms with Crippen LogP contribution in [0.3, 0.4) is 0 Å². The molecular formula is C19H23N3O2. The van der Waals surface area contributed by atoms with Gasteiger partial charge in [0.15, 0.2) is 0 Å². The molecule has 2 heterocycles. The van der Waals surface area contributed by atoms with E-state index in [4.69, 9.17) is 4.52 Å². The number of hydrogen-bond acceptors (Lipinski definition) is 4. The molecule has 1 saturated carbocycles. The van der Waals surface area contributed by atoms with Crippen molar-refractivity contribution in [2.24, 2.45) is 5.92 Å². The number of nitrogens with zero attached hydrogens (tertiary/aromatic N) is 3. The Bertz CT molecular complexity index is 736. The molecule has 1 atom stereocenters. The summed E-state index contributed by atoms with van der Waals surface area (Å²) in [6, 6.07) is 8.02. The van der Waals surface area contributed by atoms with Crippen LogP contribution in [-0.4, -0.2) is 27.5 Å². The van der Waals surface area contributed by atoms with E-state index >= 15 is 0 Å². The number of aromatic nitrogens is 2. The number of amides is 1. The average molecular weight is 325 g/mol. The van der Waals surface area contributed by atoms with Crippen LogP contribution in [0.2, 0.25) is 0 Å². The normalized spacial score (nSPS) is 21.5. The number of rotatable bonds is 3. The lowest BCUT2D eigenvalue weighted by Gasteiger charge is -2.38. The monoisotopic (exact) mass is 325 g/mol. The van der Waals surface area contributed by atoms with Gasteiger partial charge in [-0.05, 0) is 45.1 Å². The molecule has 2 aliphatic rings. The van der Waals surface area contributed by atoms with Crippen molar-refractivity contribution in [3.05, 3.63) is 35.7 Å². The van der Waals surface area contributed by atoms with Crippen molar-refractivity contribution < 1.29 is 9.32 Å². The van der Waals surface area contributed by atoms with Crippen molar-refractivity contribution in [1.82, 2.24) is 15.0 Å². The van der Waals surface area contributed by atoms with Crippen molar-refractivity contribution in [2.75, 3.05) is 6.54 Å². The summed E-state index contributed by atoms with van der Waals surface area (Å²) >= 11 is 0. The molecule has 1 amide bonds. The van der Waals surface area contributed by atoms with Gasteiger partial charge in [0.2, 0.25) is 17.6 Å². The first-order valence-corrected chi connectivity index (χ1v) is 8.93. The molecule has 2 fully saturated rings. The fourth-order valence-electron chi connectivity index (χ4n) is 3.61. The molecule has 24 heavy (non-hydrogen) atoms. The summed E-state index contributed by atoms with van der Waals surface area (Å²) in [5, 5.41) is 4.15. The quantitative estimate of drug-likeness (QED) is 0.859. The van der Waals surface area contributed by atoms with Gasteiger partial charge in [-0.15, -0.1) is 0 Å². The highest BCUT2D eigenvalue weighted by Gasteiger charge is 2.37. The Labute approximate surface area is 142 Å². The maximum absolute atomic E-state index is 12.7. The Balaban J connectivity index is 1.58. The highest BCUT2D eigenvalue weighted by Crippen LogP contribution is 2.36. The molecule has 1 aromatic carbocycles. The van der Waals surface area contributed by atoms with Crippen LogP contribution < -0.4 is 0 Å². The van der Waals surface area contributed by atoms with E-state index in [-0.39, 0.29) is 17.9 Å². The molecular weight excluding hydrogens is 302 g/mol. The molecule has 126 valence electrons. The predicted octanol–water partition coefficient (Wildman–Crippen LogP) is 3.90. The molecule has 1 saturated heterocycles. The van der Waals surface area contributed by atoms with E-state index in [0.29, 0.717) is 11.7 Å². The first-order chi connectivity index (χ1) is 11.7. The molecule has 1 aromatic heterocycles. The standard InChI is InChI=1S/C19H23N3O2/c1-13-6-4-9-15(12-13)17-20-18(24-21-17)16-10-2-3-11-22(16)19(23)14-7-5-8-14/h4,6,9,12,14,16H,2-3,5,7-8,10-11H2,1H3/t16-/m0/s1. The second-order valence-corrected chi connectivity index (χ2v) is 7.00. The fraction of sp³-hybridized carbons (Fsp3) is 0.526. The Morgan fingerprint density at radius 2 is 2.08 bits per heavy atom. The van der Waals surface area contributed by atoms with Crippen LogP contribution in [0.4, 0.5) is 0 Å². The van der Waals surface area contributed by atoms with Gasteiger partial charge in [-0.2, -0.15) is 4.98 Å². The molecule has 5 heteroatoms. The van der Waals surface area contributed by atoms with Crippen molar-refractivity contribution in [1.29, 1.82) is 0 Å². The highest BCUT2D eigenvalue weighted by molar-refractivity contribution is 5.80. The number of benzene rings is 1. The van der Waals surface area contributed by atoms with Gasteiger partial charge in [0.1, 0.15) is 6.04 Å². The largest absolute Gasteiger partial charge is 0.337 e. The van der Waals surface area contributed by atoms with Crippen molar-refractivity contribution in [3.63, 3.8) is 0 Å². The zero-order valence-electron chi connectivity index (χ0n) is 14.1. The van der Waals surface area contributed by atoms with Crippen LogP contribution in [0.15, 0.2) is 28.8 Å². The van der Waals surface area contributed by atoms with Gasteiger partial charge < -0.3 is 9.42 Å².